The predicted octanol–water partition coefficient (Wildman–Crippen LogP) is 6.42. The Labute approximate surface area is 177 Å². The first-order chi connectivity index (χ1) is 14.7. The molecule has 0 bridgehead atoms. The van der Waals surface area contributed by atoms with E-state index in [9.17, 15) is 9.90 Å². The molecule has 1 aliphatic carbocycles. The van der Waals surface area contributed by atoms with Crippen LogP contribution in [0.3, 0.4) is 0 Å². The maximum absolute atomic E-state index is 11.7. The van der Waals surface area contributed by atoms with Crippen LogP contribution in [-0.2, 0) is 5.54 Å². The van der Waals surface area contributed by atoms with Crippen molar-refractivity contribution >= 4 is 11.7 Å². The van der Waals surface area contributed by atoms with E-state index in [1.165, 1.54) is 48.8 Å². The van der Waals surface area contributed by atoms with E-state index in [1.807, 2.05) is 6.07 Å². The van der Waals surface area contributed by atoms with Gasteiger partial charge in [-0.25, -0.2) is 4.79 Å². The van der Waals surface area contributed by atoms with E-state index in [2.05, 4.69) is 72.0 Å². The van der Waals surface area contributed by atoms with Crippen molar-refractivity contribution in [1.82, 2.24) is 0 Å². The Morgan fingerprint density at radius 2 is 1.43 bits per heavy atom. The summed E-state index contributed by atoms with van der Waals surface area (Å²) >= 11 is 0. The summed E-state index contributed by atoms with van der Waals surface area (Å²) in [5.74, 6) is -0.0604. The fourth-order valence-electron chi connectivity index (χ4n) is 5.74. The van der Waals surface area contributed by atoms with Gasteiger partial charge >= 0.3 is 5.97 Å². The molecule has 3 heteroatoms. The fourth-order valence-corrected chi connectivity index (χ4v) is 5.74. The first-order valence-corrected chi connectivity index (χ1v) is 11.0. The topological polar surface area (TPSA) is 49.3 Å². The average molecular weight is 398 g/mol. The minimum Gasteiger partial charge on any atom is -0.478 e. The Morgan fingerprint density at radius 1 is 0.833 bits per heavy atom. The van der Waals surface area contributed by atoms with Gasteiger partial charge in [-0.3, -0.25) is 0 Å². The molecule has 0 saturated heterocycles. The molecule has 2 N–H and O–H groups in total. The van der Waals surface area contributed by atoms with E-state index in [-0.39, 0.29) is 5.92 Å². The normalized spacial score (nSPS) is 20.3. The Bertz CT molecular complexity index is 999. The Kier molecular flexibility index (Phi) is 4.82. The summed E-state index contributed by atoms with van der Waals surface area (Å²) in [4.78, 5) is 11.7. The Balaban J connectivity index is 1.76. The molecule has 1 aliphatic heterocycles. The van der Waals surface area contributed by atoms with Crippen molar-refractivity contribution in [3.8, 4) is 0 Å². The maximum Gasteiger partial charge on any atom is 0.335 e. The number of carbonyl (C=O) groups is 1. The highest BCUT2D eigenvalue weighted by molar-refractivity contribution is 5.90. The third-order valence-electron chi connectivity index (χ3n) is 7.01. The molecule has 1 saturated carbocycles. The molecule has 0 aromatic heterocycles. The van der Waals surface area contributed by atoms with E-state index in [4.69, 9.17) is 0 Å². The lowest BCUT2D eigenvalue weighted by molar-refractivity contribution is 0.0697. The van der Waals surface area contributed by atoms with E-state index in [0.29, 0.717) is 11.5 Å². The predicted molar refractivity (Wildman–Crippen MR) is 120 cm³/mol. The van der Waals surface area contributed by atoms with Gasteiger partial charge in [0.25, 0.3) is 0 Å². The second-order valence-corrected chi connectivity index (χ2v) is 8.65. The molecule has 1 fully saturated rings. The van der Waals surface area contributed by atoms with Crippen LogP contribution in [0.2, 0.25) is 0 Å². The van der Waals surface area contributed by atoms with E-state index < -0.39 is 11.5 Å². The van der Waals surface area contributed by atoms with Crippen LogP contribution < -0.4 is 5.32 Å². The number of aromatic carboxylic acids is 1. The largest absolute Gasteiger partial charge is 0.478 e. The van der Waals surface area contributed by atoms with Gasteiger partial charge in [-0.1, -0.05) is 86.0 Å². The van der Waals surface area contributed by atoms with Crippen LogP contribution in [0.5, 0.6) is 0 Å². The summed E-state index contributed by atoms with van der Waals surface area (Å²) in [7, 11) is 0. The van der Waals surface area contributed by atoms with Crippen LogP contribution in [0.4, 0.5) is 5.69 Å². The highest BCUT2D eigenvalue weighted by atomic mass is 16.4. The third-order valence-corrected chi connectivity index (χ3v) is 7.01. The van der Waals surface area contributed by atoms with Crippen molar-refractivity contribution in [2.45, 2.75) is 43.6 Å². The van der Waals surface area contributed by atoms with Gasteiger partial charge in [0.2, 0.25) is 0 Å². The molecule has 1 unspecified atom stereocenters. The number of carboxylic acids is 1. The molecular formula is C27H27NO2. The highest BCUT2D eigenvalue weighted by Gasteiger charge is 2.51. The Hall–Kier alpha value is -3.07. The summed E-state index contributed by atoms with van der Waals surface area (Å²) in [6.07, 6.45) is 6.28. The molecule has 152 valence electrons. The van der Waals surface area contributed by atoms with Gasteiger partial charge in [-0.15, -0.1) is 0 Å². The molecule has 3 aromatic carbocycles. The van der Waals surface area contributed by atoms with Crippen LogP contribution in [0.15, 0.2) is 78.9 Å². The summed E-state index contributed by atoms with van der Waals surface area (Å²) < 4.78 is 0. The molecular weight excluding hydrogens is 370 g/mol. The number of benzene rings is 3. The second-order valence-electron chi connectivity index (χ2n) is 8.65. The quantitative estimate of drug-likeness (QED) is 0.534. The monoisotopic (exact) mass is 397 g/mol. The highest BCUT2D eigenvalue weighted by Crippen LogP contribution is 2.57. The molecule has 3 aromatic rings. The molecule has 3 nitrogen and oxygen atoms in total. The zero-order valence-electron chi connectivity index (χ0n) is 17.1. The molecule has 0 radical (unpaired) electrons. The summed E-state index contributed by atoms with van der Waals surface area (Å²) in [6.45, 7) is 0. The third kappa shape index (κ3) is 3.00. The average Bonchev–Trinajstić information content (AvgIpc) is 3.16. The molecule has 0 spiro atoms. The van der Waals surface area contributed by atoms with Crippen LogP contribution in [0.25, 0.3) is 0 Å². The molecule has 1 heterocycles. The minimum absolute atomic E-state index is 0.264. The second kappa shape index (κ2) is 7.64. The van der Waals surface area contributed by atoms with Crippen molar-refractivity contribution in [3.05, 3.63) is 101 Å². The number of nitrogens with one attached hydrogen (secondary N) is 1. The van der Waals surface area contributed by atoms with Crippen LogP contribution in [0.1, 0.15) is 65.1 Å². The molecule has 30 heavy (non-hydrogen) atoms. The van der Waals surface area contributed by atoms with E-state index >= 15 is 0 Å². The van der Waals surface area contributed by atoms with Gasteiger partial charge in [0, 0.05) is 11.6 Å². The lowest BCUT2D eigenvalue weighted by Crippen LogP contribution is -2.41. The van der Waals surface area contributed by atoms with Crippen LogP contribution in [0, 0.1) is 5.92 Å². The number of rotatable bonds is 4. The lowest BCUT2D eigenvalue weighted by Gasteiger charge is -2.42. The van der Waals surface area contributed by atoms with Crippen LogP contribution in [-0.4, -0.2) is 11.1 Å². The summed E-state index contributed by atoms with van der Waals surface area (Å²) in [5.41, 5.74) is 4.61. The number of hydrogen-bond acceptors (Lipinski definition) is 2. The Morgan fingerprint density at radius 3 is 2.00 bits per heavy atom. The number of anilines is 1. The van der Waals surface area contributed by atoms with Crippen molar-refractivity contribution < 1.29 is 9.90 Å². The molecule has 5 rings (SSSR count). The smallest absolute Gasteiger partial charge is 0.335 e. The van der Waals surface area contributed by atoms with Crippen molar-refractivity contribution in [3.63, 3.8) is 0 Å². The van der Waals surface area contributed by atoms with Crippen molar-refractivity contribution in [1.29, 1.82) is 0 Å². The van der Waals surface area contributed by atoms with Gasteiger partial charge in [-0.05, 0) is 47.6 Å². The summed E-state index contributed by atoms with van der Waals surface area (Å²) in [5, 5.41) is 13.4. The molecule has 1 atom stereocenters. The van der Waals surface area contributed by atoms with E-state index in [0.717, 1.165) is 5.69 Å². The minimum atomic E-state index is -0.884. The van der Waals surface area contributed by atoms with Gasteiger partial charge in [-0.2, -0.15) is 0 Å². The molecule has 0 amide bonds. The lowest BCUT2D eigenvalue weighted by atomic mass is 9.64. The summed E-state index contributed by atoms with van der Waals surface area (Å²) in [6, 6.07) is 27.0. The standard InChI is InChI=1S/C27H27NO2/c29-26(30)20-16-17-23-24(18-20)28-27(21-12-6-2-7-13-21,22-14-8-3-9-15-22)25(23)19-10-4-1-5-11-19/h2-3,6-9,12-19,25,28H,1,4-5,10-11H2,(H,29,30). The number of fused-ring (bicyclic) bond motifs is 1. The van der Waals surface area contributed by atoms with Gasteiger partial charge < -0.3 is 10.4 Å². The fraction of sp³-hybridized carbons (Fsp3) is 0.296. The van der Waals surface area contributed by atoms with Crippen molar-refractivity contribution in [2.24, 2.45) is 5.92 Å². The maximum atomic E-state index is 11.7. The van der Waals surface area contributed by atoms with Gasteiger partial charge in [0.15, 0.2) is 0 Å². The van der Waals surface area contributed by atoms with Crippen molar-refractivity contribution in [2.75, 3.05) is 5.32 Å². The SMILES string of the molecule is O=C(O)c1ccc2c(c1)NC(c1ccccc1)(c1ccccc1)C2C1CCCCC1. The zero-order valence-corrected chi connectivity index (χ0v) is 17.1. The zero-order chi connectivity index (χ0) is 20.6. The van der Waals surface area contributed by atoms with Gasteiger partial charge in [0.1, 0.15) is 0 Å². The molecule has 2 aliphatic rings. The first-order valence-electron chi connectivity index (χ1n) is 11.0. The van der Waals surface area contributed by atoms with Crippen LogP contribution >= 0.6 is 0 Å². The van der Waals surface area contributed by atoms with Gasteiger partial charge in [0.05, 0.1) is 11.1 Å². The van der Waals surface area contributed by atoms with E-state index in [1.54, 1.807) is 6.07 Å². The first kappa shape index (κ1) is 18.9. The number of hydrogen-bond donors (Lipinski definition) is 2. The number of carboxylic acid groups (broad SMARTS) is 1.